The van der Waals surface area contributed by atoms with Gasteiger partial charge in [0.05, 0.1) is 5.69 Å². The Morgan fingerprint density at radius 3 is 2.90 bits per heavy atom. The van der Waals surface area contributed by atoms with E-state index in [0.717, 1.165) is 4.90 Å². The first-order valence-electron chi connectivity index (χ1n) is 6.08. The Bertz CT molecular complexity index is 573. The van der Waals surface area contributed by atoms with Gasteiger partial charge in [-0.05, 0) is 25.1 Å². The highest BCUT2D eigenvalue weighted by Crippen LogP contribution is 2.31. The minimum absolute atomic E-state index is 0.0901. The van der Waals surface area contributed by atoms with Gasteiger partial charge < -0.3 is 15.7 Å². The molecule has 1 unspecified atom stereocenters. The van der Waals surface area contributed by atoms with Gasteiger partial charge in [-0.25, -0.2) is 0 Å². The Kier molecular flexibility index (Phi) is 4.29. The summed E-state index contributed by atoms with van der Waals surface area (Å²) in [5, 5.41) is 13.9. The molecule has 20 heavy (non-hydrogen) atoms. The van der Waals surface area contributed by atoms with E-state index in [0.29, 0.717) is 23.4 Å². The van der Waals surface area contributed by atoms with Gasteiger partial charge in [-0.3, -0.25) is 14.4 Å². The molecule has 0 saturated heterocycles. The van der Waals surface area contributed by atoms with Crippen molar-refractivity contribution in [3.63, 3.8) is 0 Å². The van der Waals surface area contributed by atoms with Crippen LogP contribution in [0.1, 0.15) is 23.7 Å². The van der Waals surface area contributed by atoms with Gasteiger partial charge in [0.15, 0.2) is 0 Å². The van der Waals surface area contributed by atoms with E-state index in [-0.39, 0.29) is 5.91 Å². The molecule has 0 fully saturated rings. The van der Waals surface area contributed by atoms with Gasteiger partial charge >= 0.3 is 5.97 Å². The zero-order valence-corrected chi connectivity index (χ0v) is 11.6. The van der Waals surface area contributed by atoms with Crippen molar-refractivity contribution in [2.75, 3.05) is 11.1 Å². The predicted molar refractivity (Wildman–Crippen MR) is 75.0 cm³/mol. The number of nitrogens with one attached hydrogen (secondary N) is 2. The first-order chi connectivity index (χ1) is 9.47. The minimum Gasteiger partial charge on any atom is -0.480 e. The van der Waals surface area contributed by atoms with Crippen molar-refractivity contribution in [3.8, 4) is 0 Å². The highest BCUT2D eigenvalue weighted by molar-refractivity contribution is 7.99. The van der Waals surface area contributed by atoms with Crippen molar-refractivity contribution in [2.45, 2.75) is 24.3 Å². The summed E-state index contributed by atoms with van der Waals surface area (Å²) in [5.74, 6) is -0.976. The molecule has 6 nitrogen and oxygen atoms in total. The number of thioether (sulfide) groups is 1. The molecular weight excluding hydrogens is 280 g/mol. The summed E-state index contributed by atoms with van der Waals surface area (Å²) < 4.78 is 0. The Hall–Kier alpha value is -2.02. The minimum atomic E-state index is -1.10. The molecule has 7 heteroatoms. The van der Waals surface area contributed by atoms with Gasteiger partial charge in [0, 0.05) is 22.6 Å². The number of rotatable bonds is 3. The van der Waals surface area contributed by atoms with E-state index in [2.05, 4.69) is 10.6 Å². The molecule has 0 radical (unpaired) electrons. The SMILES string of the molecule is CC(NC(=O)c1ccc2c(c1)NC(=O)CCS2)C(=O)O. The number of carboxylic acid groups (broad SMARTS) is 1. The molecule has 1 aromatic rings. The van der Waals surface area contributed by atoms with Crippen LogP contribution in [0.4, 0.5) is 5.69 Å². The summed E-state index contributed by atoms with van der Waals surface area (Å²) >= 11 is 1.54. The molecule has 1 aliphatic heterocycles. The molecule has 0 aliphatic carbocycles. The largest absolute Gasteiger partial charge is 0.480 e. The van der Waals surface area contributed by atoms with Gasteiger partial charge in [0.2, 0.25) is 5.91 Å². The summed E-state index contributed by atoms with van der Waals surface area (Å²) in [6.07, 6.45) is 0.428. The Morgan fingerprint density at radius 1 is 1.45 bits per heavy atom. The van der Waals surface area contributed by atoms with Crippen LogP contribution in [0.5, 0.6) is 0 Å². The first-order valence-corrected chi connectivity index (χ1v) is 7.06. The molecule has 1 aliphatic rings. The molecule has 0 aromatic heterocycles. The van der Waals surface area contributed by atoms with E-state index in [1.165, 1.54) is 6.92 Å². The standard InChI is InChI=1S/C13H14N2O4S/c1-7(13(18)19)14-12(17)8-2-3-10-9(6-8)15-11(16)4-5-20-10/h2-3,6-7H,4-5H2,1H3,(H,14,17)(H,15,16)(H,18,19). The van der Waals surface area contributed by atoms with Crippen molar-refractivity contribution in [1.82, 2.24) is 5.32 Å². The second-order valence-corrected chi connectivity index (χ2v) is 5.53. The van der Waals surface area contributed by atoms with Crippen molar-refractivity contribution >= 4 is 35.2 Å². The van der Waals surface area contributed by atoms with Crippen molar-refractivity contribution in [2.24, 2.45) is 0 Å². The van der Waals surface area contributed by atoms with Crippen molar-refractivity contribution < 1.29 is 19.5 Å². The zero-order chi connectivity index (χ0) is 14.7. The maximum Gasteiger partial charge on any atom is 0.325 e. The Morgan fingerprint density at radius 2 is 2.20 bits per heavy atom. The Balaban J connectivity index is 2.20. The lowest BCUT2D eigenvalue weighted by molar-refractivity contribution is -0.138. The fourth-order valence-corrected chi connectivity index (χ4v) is 2.64. The van der Waals surface area contributed by atoms with Crippen LogP contribution in [0.3, 0.4) is 0 Å². The van der Waals surface area contributed by atoms with Crippen LogP contribution >= 0.6 is 11.8 Å². The topological polar surface area (TPSA) is 95.5 Å². The lowest BCUT2D eigenvalue weighted by Crippen LogP contribution is -2.38. The number of carbonyl (C=O) groups is 3. The van der Waals surface area contributed by atoms with Crippen LogP contribution in [0, 0.1) is 0 Å². The molecule has 1 atom stereocenters. The number of hydrogen-bond acceptors (Lipinski definition) is 4. The van der Waals surface area contributed by atoms with Gasteiger partial charge in [0.1, 0.15) is 6.04 Å². The molecule has 106 valence electrons. The molecule has 2 rings (SSSR count). The quantitative estimate of drug-likeness (QED) is 0.781. The second kappa shape index (κ2) is 5.96. The average Bonchev–Trinajstić information content (AvgIpc) is 2.57. The third-order valence-electron chi connectivity index (χ3n) is 2.82. The molecule has 3 N–H and O–H groups in total. The van der Waals surface area contributed by atoms with Crippen molar-refractivity contribution in [1.29, 1.82) is 0 Å². The summed E-state index contributed by atoms with van der Waals surface area (Å²) in [4.78, 5) is 35.0. The number of benzene rings is 1. The highest BCUT2D eigenvalue weighted by Gasteiger charge is 2.18. The number of amides is 2. The van der Waals surface area contributed by atoms with Crippen LogP contribution < -0.4 is 10.6 Å². The predicted octanol–water partition coefficient (Wildman–Crippen LogP) is 1.32. The summed E-state index contributed by atoms with van der Waals surface area (Å²) in [7, 11) is 0. The summed E-state index contributed by atoms with van der Waals surface area (Å²) in [6, 6.07) is 3.97. The number of carbonyl (C=O) groups excluding carboxylic acids is 2. The highest BCUT2D eigenvalue weighted by atomic mass is 32.2. The molecule has 1 heterocycles. The zero-order valence-electron chi connectivity index (χ0n) is 10.8. The van der Waals surface area contributed by atoms with Crippen LogP contribution in [0.2, 0.25) is 0 Å². The van der Waals surface area contributed by atoms with E-state index >= 15 is 0 Å². The first kappa shape index (κ1) is 14.4. The maximum absolute atomic E-state index is 11.9. The fourth-order valence-electron chi connectivity index (χ4n) is 1.70. The lowest BCUT2D eigenvalue weighted by Gasteiger charge is -2.11. The van der Waals surface area contributed by atoms with Gasteiger partial charge in [-0.1, -0.05) is 0 Å². The molecule has 0 saturated carbocycles. The van der Waals surface area contributed by atoms with Crippen LogP contribution in [-0.4, -0.2) is 34.7 Å². The monoisotopic (exact) mass is 294 g/mol. The molecule has 2 amide bonds. The third kappa shape index (κ3) is 3.30. The normalized spacial score (nSPS) is 15.6. The smallest absolute Gasteiger partial charge is 0.325 e. The molecule has 1 aromatic carbocycles. The van der Waals surface area contributed by atoms with Gasteiger partial charge in [-0.2, -0.15) is 0 Å². The maximum atomic E-state index is 11.9. The third-order valence-corrected chi connectivity index (χ3v) is 3.90. The van der Waals surface area contributed by atoms with Crippen molar-refractivity contribution in [3.05, 3.63) is 23.8 Å². The molecule has 0 spiro atoms. The average molecular weight is 294 g/mol. The van der Waals surface area contributed by atoms with E-state index in [1.54, 1.807) is 30.0 Å². The lowest BCUT2D eigenvalue weighted by atomic mass is 10.1. The van der Waals surface area contributed by atoms with E-state index in [9.17, 15) is 14.4 Å². The van der Waals surface area contributed by atoms with Crippen LogP contribution in [0.25, 0.3) is 0 Å². The summed E-state index contributed by atoms with van der Waals surface area (Å²) in [6.45, 7) is 1.39. The number of aliphatic carboxylic acids is 1. The number of hydrogen-bond donors (Lipinski definition) is 3. The number of fused-ring (bicyclic) bond motifs is 1. The summed E-state index contributed by atoms with van der Waals surface area (Å²) in [5.41, 5.74) is 0.910. The fraction of sp³-hybridized carbons (Fsp3) is 0.308. The van der Waals surface area contributed by atoms with Crippen LogP contribution in [-0.2, 0) is 9.59 Å². The Labute approximate surface area is 119 Å². The molecular formula is C13H14N2O4S. The van der Waals surface area contributed by atoms with E-state index in [4.69, 9.17) is 5.11 Å². The van der Waals surface area contributed by atoms with Gasteiger partial charge in [-0.15, -0.1) is 11.8 Å². The van der Waals surface area contributed by atoms with E-state index in [1.807, 2.05) is 0 Å². The second-order valence-electron chi connectivity index (χ2n) is 4.39. The van der Waals surface area contributed by atoms with E-state index < -0.39 is 17.9 Å². The van der Waals surface area contributed by atoms with Crippen LogP contribution in [0.15, 0.2) is 23.1 Å². The number of carboxylic acids is 1. The van der Waals surface area contributed by atoms with Gasteiger partial charge in [0.25, 0.3) is 5.91 Å². The molecule has 0 bridgehead atoms. The number of anilines is 1.